The first-order chi connectivity index (χ1) is 16.5. The molecule has 0 unspecified atom stereocenters. The zero-order valence-electron chi connectivity index (χ0n) is 19.7. The molecule has 1 saturated carbocycles. The SMILES string of the molecule is CN1CCN(C(=O)Cn2c(-c3ccccn3)c(C3CCCCC3)c3ccc(C(=O)O)cc32)CC1. The van der Waals surface area contributed by atoms with Crippen LogP contribution in [0.25, 0.3) is 22.3 Å². The monoisotopic (exact) mass is 460 g/mol. The molecule has 7 nitrogen and oxygen atoms in total. The second-order valence-electron chi connectivity index (χ2n) is 9.62. The molecule has 0 radical (unpaired) electrons. The molecule has 1 aliphatic carbocycles. The number of fused-ring (bicyclic) bond motifs is 1. The van der Waals surface area contributed by atoms with Crippen LogP contribution in [0.4, 0.5) is 0 Å². The van der Waals surface area contributed by atoms with Crippen LogP contribution in [0.2, 0.25) is 0 Å². The predicted octanol–water partition coefficient (Wildman–Crippen LogP) is 4.22. The lowest BCUT2D eigenvalue weighted by molar-refractivity contribution is -0.133. The van der Waals surface area contributed by atoms with E-state index in [1.165, 1.54) is 24.8 Å². The number of likely N-dealkylation sites (N-methyl/N-ethyl adjacent to an activating group) is 1. The molecule has 1 amide bonds. The fourth-order valence-corrected chi connectivity index (χ4v) is 5.55. The maximum Gasteiger partial charge on any atom is 0.335 e. The summed E-state index contributed by atoms with van der Waals surface area (Å²) in [5.74, 6) is -0.513. The number of rotatable bonds is 5. The van der Waals surface area contributed by atoms with Gasteiger partial charge >= 0.3 is 5.97 Å². The molecule has 0 bridgehead atoms. The Labute approximate surface area is 200 Å². The van der Waals surface area contributed by atoms with Gasteiger partial charge in [0.2, 0.25) is 5.91 Å². The summed E-state index contributed by atoms with van der Waals surface area (Å²) < 4.78 is 2.04. The summed E-state index contributed by atoms with van der Waals surface area (Å²) in [5, 5.41) is 10.7. The number of carboxylic acids is 1. The highest BCUT2D eigenvalue weighted by Gasteiger charge is 2.29. The average molecular weight is 461 g/mol. The van der Waals surface area contributed by atoms with Crippen LogP contribution in [0.1, 0.15) is 53.9 Å². The number of aromatic nitrogens is 2. The van der Waals surface area contributed by atoms with Crippen molar-refractivity contribution in [3.63, 3.8) is 0 Å². The molecule has 0 spiro atoms. The molecule has 178 valence electrons. The summed E-state index contributed by atoms with van der Waals surface area (Å²) in [6.07, 6.45) is 7.61. The van der Waals surface area contributed by atoms with E-state index in [1.54, 1.807) is 18.3 Å². The molecule has 5 rings (SSSR count). The van der Waals surface area contributed by atoms with E-state index in [1.807, 2.05) is 33.7 Å². The molecule has 1 aliphatic heterocycles. The second-order valence-corrected chi connectivity index (χ2v) is 9.62. The molecule has 7 heteroatoms. The van der Waals surface area contributed by atoms with Crippen LogP contribution in [-0.4, -0.2) is 69.6 Å². The van der Waals surface area contributed by atoms with Crippen molar-refractivity contribution >= 4 is 22.8 Å². The van der Waals surface area contributed by atoms with Gasteiger partial charge in [-0.2, -0.15) is 0 Å². The number of carboxylic acid groups (broad SMARTS) is 1. The van der Waals surface area contributed by atoms with E-state index in [0.29, 0.717) is 19.0 Å². The van der Waals surface area contributed by atoms with Crippen molar-refractivity contribution in [2.24, 2.45) is 0 Å². The Hall–Kier alpha value is -3.19. The van der Waals surface area contributed by atoms with Gasteiger partial charge in [0, 0.05) is 37.8 Å². The van der Waals surface area contributed by atoms with Crippen molar-refractivity contribution in [1.29, 1.82) is 0 Å². The summed E-state index contributed by atoms with van der Waals surface area (Å²) >= 11 is 0. The smallest absolute Gasteiger partial charge is 0.335 e. The molecule has 1 aromatic carbocycles. The first-order valence-corrected chi connectivity index (χ1v) is 12.3. The maximum absolute atomic E-state index is 13.5. The summed E-state index contributed by atoms with van der Waals surface area (Å²) in [7, 11) is 2.07. The van der Waals surface area contributed by atoms with Crippen molar-refractivity contribution < 1.29 is 14.7 Å². The van der Waals surface area contributed by atoms with E-state index >= 15 is 0 Å². The molecule has 2 aromatic heterocycles. The van der Waals surface area contributed by atoms with Crippen molar-refractivity contribution in [2.75, 3.05) is 33.2 Å². The molecule has 2 fully saturated rings. The normalized spacial score (nSPS) is 17.9. The van der Waals surface area contributed by atoms with Crippen LogP contribution < -0.4 is 0 Å². The van der Waals surface area contributed by atoms with Gasteiger partial charge in [0.05, 0.1) is 22.5 Å². The van der Waals surface area contributed by atoms with Gasteiger partial charge in [0.15, 0.2) is 0 Å². The molecular weight excluding hydrogens is 428 g/mol. The van der Waals surface area contributed by atoms with Crippen molar-refractivity contribution in [3.8, 4) is 11.4 Å². The number of pyridine rings is 1. The average Bonchev–Trinajstić information content (AvgIpc) is 3.18. The highest BCUT2D eigenvalue weighted by atomic mass is 16.4. The molecule has 3 heterocycles. The summed E-state index contributed by atoms with van der Waals surface area (Å²) in [6, 6.07) is 11.2. The standard InChI is InChI=1S/C27H32N4O3/c1-29-13-15-30(16-14-29)24(32)18-31-23-17-20(27(33)34)10-11-21(23)25(19-7-3-2-4-8-19)26(31)22-9-5-6-12-28-22/h5-6,9-12,17,19H,2-4,7-8,13-16,18H2,1H3,(H,33,34). The minimum absolute atomic E-state index is 0.0677. The minimum atomic E-state index is -0.960. The maximum atomic E-state index is 13.5. The highest BCUT2D eigenvalue weighted by molar-refractivity contribution is 5.98. The van der Waals surface area contributed by atoms with Gasteiger partial charge in [0.1, 0.15) is 6.54 Å². The van der Waals surface area contributed by atoms with E-state index in [-0.39, 0.29) is 18.0 Å². The van der Waals surface area contributed by atoms with Gasteiger partial charge < -0.3 is 19.5 Å². The zero-order valence-corrected chi connectivity index (χ0v) is 19.7. The van der Waals surface area contributed by atoms with Gasteiger partial charge in [-0.3, -0.25) is 9.78 Å². The summed E-state index contributed by atoms with van der Waals surface area (Å²) in [4.78, 5) is 34.1. The predicted molar refractivity (Wildman–Crippen MR) is 132 cm³/mol. The number of piperazine rings is 1. The van der Waals surface area contributed by atoms with Gasteiger partial charge in [-0.15, -0.1) is 0 Å². The third kappa shape index (κ3) is 4.32. The number of hydrogen-bond donors (Lipinski definition) is 1. The fourth-order valence-electron chi connectivity index (χ4n) is 5.55. The van der Waals surface area contributed by atoms with E-state index in [4.69, 9.17) is 0 Å². The number of carbonyl (C=O) groups is 2. The Balaban J connectivity index is 1.68. The van der Waals surface area contributed by atoms with Crippen molar-refractivity contribution in [1.82, 2.24) is 19.4 Å². The number of aromatic carboxylic acids is 1. The number of hydrogen-bond acceptors (Lipinski definition) is 4. The lowest BCUT2D eigenvalue weighted by atomic mass is 9.82. The first kappa shape index (κ1) is 22.6. The lowest BCUT2D eigenvalue weighted by Gasteiger charge is -2.32. The Morgan fingerprint density at radius 2 is 1.79 bits per heavy atom. The van der Waals surface area contributed by atoms with Gasteiger partial charge in [-0.1, -0.05) is 31.4 Å². The Morgan fingerprint density at radius 1 is 1.03 bits per heavy atom. The van der Waals surface area contributed by atoms with Crippen LogP contribution in [-0.2, 0) is 11.3 Å². The second kappa shape index (κ2) is 9.58. The fraction of sp³-hybridized carbons (Fsp3) is 0.444. The van der Waals surface area contributed by atoms with Crippen LogP contribution in [0.15, 0.2) is 42.6 Å². The molecule has 3 aromatic rings. The van der Waals surface area contributed by atoms with Crippen LogP contribution in [0.3, 0.4) is 0 Å². The quantitative estimate of drug-likeness (QED) is 0.617. The third-order valence-electron chi connectivity index (χ3n) is 7.42. The van der Waals surface area contributed by atoms with Gasteiger partial charge in [-0.25, -0.2) is 4.79 Å². The molecule has 34 heavy (non-hydrogen) atoms. The summed E-state index contributed by atoms with van der Waals surface area (Å²) in [6.45, 7) is 3.33. The Morgan fingerprint density at radius 3 is 2.47 bits per heavy atom. The van der Waals surface area contributed by atoms with Crippen molar-refractivity contribution in [2.45, 2.75) is 44.6 Å². The zero-order chi connectivity index (χ0) is 23.7. The Kier molecular flexibility index (Phi) is 6.37. The number of benzene rings is 1. The molecule has 1 saturated heterocycles. The minimum Gasteiger partial charge on any atom is -0.478 e. The topological polar surface area (TPSA) is 78.7 Å². The van der Waals surface area contributed by atoms with Gasteiger partial charge in [0.25, 0.3) is 0 Å². The first-order valence-electron chi connectivity index (χ1n) is 12.3. The molecule has 0 atom stereocenters. The van der Waals surface area contributed by atoms with E-state index in [2.05, 4.69) is 16.9 Å². The Bertz CT molecular complexity index is 1190. The van der Waals surface area contributed by atoms with E-state index in [9.17, 15) is 14.7 Å². The van der Waals surface area contributed by atoms with Gasteiger partial charge in [-0.05, 0) is 55.6 Å². The third-order valence-corrected chi connectivity index (χ3v) is 7.42. The van der Waals surface area contributed by atoms with Crippen LogP contribution >= 0.6 is 0 Å². The van der Waals surface area contributed by atoms with Crippen LogP contribution in [0, 0.1) is 0 Å². The molecular formula is C27H32N4O3. The molecule has 2 aliphatic rings. The van der Waals surface area contributed by atoms with E-state index in [0.717, 1.165) is 48.2 Å². The van der Waals surface area contributed by atoms with E-state index < -0.39 is 5.97 Å². The van der Waals surface area contributed by atoms with Crippen molar-refractivity contribution in [3.05, 3.63) is 53.7 Å². The number of carbonyl (C=O) groups excluding carboxylic acids is 1. The number of nitrogens with zero attached hydrogens (tertiary/aromatic N) is 4. The summed E-state index contributed by atoms with van der Waals surface area (Å²) in [5.41, 5.74) is 4.07. The van der Waals surface area contributed by atoms with Crippen LogP contribution in [0.5, 0.6) is 0 Å². The lowest BCUT2D eigenvalue weighted by Crippen LogP contribution is -2.48. The number of amides is 1. The highest BCUT2D eigenvalue weighted by Crippen LogP contribution is 2.43. The molecule has 1 N–H and O–H groups in total. The largest absolute Gasteiger partial charge is 0.478 e.